The summed E-state index contributed by atoms with van der Waals surface area (Å²) in [5.74, 6) is -1.53. The molecule has 0 amide bonds. The van der Waals surface area contributed by atoms with Crippen LogP contribution in [0.2, 0.25) is 0 Å². The van der Waals surface area contributed by atoms with Gasteiger partial charge in [-0.1, -0.05) is 0 Å². The van der Waals surface area contributed by atoms with Gasteiger partial charge in [0.2, 0.25) is 0 Å². The molecule has 6 atom stereocenters. The number of carboxylic acids is 1. The molecule has 11 nitrogen and oxygen atoms in total. The van der Waals surface area contributed by atoms with Crippen LogP contribution in [-0.2, 0) is 9.53 Å². The van der Waals surface area contributed by atoms with Crippen molar-refractivity contribution < 1.29 is 30.0 Å². The van der Waals surface area contributed by atoms with Crippen molar-refractivity contribution in [3.63, 3.8) is 0 Å². The van der Waals surface area contributed by atoms with E-state index in [2.05, 4.69) is 0 Å². The number of carbonyl (C=O) groups is 1. The van der Waals surface area contributed by atoms with Crippen LogP contribution in [0.4, 0.5) is 0 Å². The fourth-order valence-corrected chi connectivity index (χ4v) is 2.18. The van der Waals surface area contributed by atoms with E-state index in [1.54, 1.807) is 0 Å². The smallest absolute Gasteiger partial charge is 0.330 e. The van der Waals surface area contributed by atoms with Crippen molar-refractivity contribution in [3.8, 4) is 0 Å². The Bertz CT molecular complexity index is 670. The van der Waals surface area contributed by atoms with E-state index >= 15 is 0 Å². The van der Waals surface area contributed by atoms with E-state index in [1.165, 1.54) is 0 Å². The van der Waals surface area contributed by atoms with Crippen molar-refractivity contribution in [1.82, 2.24) is 9.55 Å². The lowest BCUT2D eigenvalue weighted by atomic mass is 10.0. The van der Waals surface area contributed by atoms with Crippen LogP contribution in [0.1, 0.15) is 6.23 Å². The number of rotatable bonds is 4. The first kappa shape index (κ1) is 16.3. The molecule has 0 aromatic carbocycles. The number of nitrogens with one attached hydrogen (secondary N) is 1. The van der Waals surface area contributed by atoms with Gasteiger partial charge in [0.15, 0.2) is 6.23 Å². The number of aliphatic carboxylic acids is 1. The van der Waals surface area contributed by atoms with Crippen LogP contribution in [-0.4, -0.2) is 66.4 Å². The van der Waals surface area contributed by atoms with E-state index in [-0.39, 0.29) is 0 Å². The lowest BCUT2D eigenvalue weighted by Crippen LogP contribution is -2.51. The minimum Gasteiger partial charge on any atom is -0.480 e. The zero-order chi connectivity index (χ0) is 16.6. The first-order valence-electron chi connectivity index (χ1n) is 6.23. The van der Waals surface area contributed by atoms with Gasteiger partial charge in [-0.15, -0.1) is 0 Å². The Kier molecular flexibility index (Phi) is 4.44. The number of aromatic nitrogens is 2. The van der Waals surface area contributed by atoms with Gasteiger partial charge in [0.1, 0.15) is 30.5 Å². The summed E-state index contributed by atoms with van der Waals surface area (Å²) in [5.41, 5.74) is 3.67. The van der Waals surface area contributed by atoms with Crippen molar-refractivity contribution in [1.29, 1.82) is 0 Å². The number of nitrogens with two attached hydrogens (primary N) is 1. The molecule has 22 heavy (non-hydrogen) atoms. The molecule has 0 radical (unpaired) electrons. The fourth-order valence-electron chi connectivity index (χ4n) is 2.18. The van der Waals surface area contributed by atoms with E-state index in [9.17, 15) is 29.7 Å². The van der Waals surface area contributed by atoms with Crippen molar-refractivity contribution >= 4 is 5.97 Å². The van der Waals surface area contributed by atoms with Crippen molar-refractivity contribution in [2.24, 2.45) is 5.73 Å². The number of ether oxygens (including phenoxy) is 1. The average molecular weight is 317 g/mol. The summed E-state index contributed by atoms with van der Waals surface area (Å²) in [6, 6.07) is -0.755. The Morgan fingerprint density at radius 1 is 1.36 bits per heavy atom. The molecule has 1 aromatic heterocycles. The number of H-pyrrole nitrogens is 1. The molecule has 1 aromatic rings. The van der Waals surface area contributed by atoms with E-state index < -0.39 is 53.9 Å². The number of aliphatic hydroxyl groups is 3. The molecule has 0 saturated carbocycles. The second-order valence-corrected chi connectivity index (χ2v) is 4.84. The van der Waals surface area contributed by atoms with E-state index in [0.29, 0.717) is 0 Å². The Morgan fingerprint density at radius 3 is 2.55 bits per heavy atom. The van der Waals surface area contributed by atoms with Gasteiger partial charge < -0.3 is 30.9 Å². The van der Waals surface area contributed by atoms with Crippen molar-refractivity contribution in [3.05, 3.63) is 33.1 Å². The Labute approximate surface area is 122 Å². The maximum Gasteiger partial charge on any atom is 0.330 e. The van der Waals surface area contributed by atoms with Gasteiger partial charge in [0.05, 0.1) is 0 Å². The molecule has 122 valence electrons. The first-order valence-corrected chi connectivity index (χ1v) is 6.23. The molecular formula is C11H15N3O8. The molecule has 2 rings (SSSR count). The maximum absolute atomic E-state index is 11.7. The first-order chi connectivity index (χ1) is 10.2. The summed E-state index contributed by atoms with van der Waals surface area (Å²) in [6.07, 6.45) is -7.03. The molecule has 2 heterocycles. The molecule has 3 unspecified atom stereocenters. The average Bonchev–Trinajstić information content (AvgIpc) is 2.74. The Balaban J connectivity index is 2.28. The highest BCUT2D eigenvalue weighted by Gasteiger charge is 2.49. The maximum atomic E-state index is 11.7. The molecule has 1 fully saturated rings. The zero-order valence-corrected chi connectivity index (χ0v) is 11.1. The number of carboxylic acid groups (broad SMARTS) is 1. The molecule has 1 aliphatic rings. The summed E-state index contributed by atoms with van der Waals surface area (Å²) in [6.45, 7) is 0. The summed E-state index contributed by atoms with van der Waals surface area (Å²) in [4.78, 5) is 35.3. The van der Waals surface area contributed by atoms with Crippen LogP contribution in [0, 0.1) is 0 Å². The highest BCUT2D eigenvalue weighted by Crippen LogP contribution is 2.30. The minimum absolute atomic E-state index is 0.668. The van der Waals surface area contributed by atoms with Gasteiger partial charge in [-0.05, 0) is 0 Å². The van der Waals surface area contributed by atoms with Gasteiger partial charge >= 0.3 is 11.7 Å². The standard InChI is InChI=1S/C11H15N3O8/c12-4(10(19)20)5(16)8-6(17)7(18)9(22-8)14-2-1-3(15)13-11(14)21/h1-2,4-9,16-18H,12H2,(H,19,20)(H,13,15,21)/t4?,5?,6-,7?,8+,9-/m1/s1. The monoisotopic (exact) mass is 317 g/mol. The third-order valence-electron chi connectivity index (χ3n) is 3.39. The molecule has 0 spiro atoms. The van der Waals surface area contributed by atoms with E-state index in [1.807, 2.05) is 4.98 Å². The summed E-state index contributed by atoms with van der Waals surface area (Å²) >= 11 is 0. The van der Waals surface area contributed by atoms with E-state index in [0.717, 1.165) is 16.8 Å². The van der Waals surface area contributed by atoms with Crippen LogP contribution in [0.25, 0.3) is 0 Å². The molecule has 1 saturated heterocycles. The van der Waals surface area contributed by atoms with Crippen molar-refractivity contribution in [2.45, 2.75) is 36.7 Å². The molecule has 0 aliphatic carbocycles. The van der Waals surface area contributed by atoms with Crippen LogP contribution < -0.4 is 17.0 Å². The lowest BCUT2D eigenvalue weighted by molar-refractivity contribution is -0.147. The normalized spacial score (nSPS) is 30.9. The number of nitrogens with zero attached hydrogens (tertiary/aromatic N) is 1. The molecule has 7 N–H and O–H groups in total. The van der Waals surface area contributed by atoms with Crippen LogP contribution in [0.5, 0.6) is 0 Å². The predicted octanol–water partition coefficient (Wildman–Crippen LogP) is -4.07. The summed E-state index contributed by atoms with van der Waals surface area (Å²) in [5, 5.41) is 38.3. The SMILES string of the molecule is NC(C(=O)O)C(O)[C@@H]1O[C@@H](n2ccc(=O)[nH]c2=O)C(O)[C@H]1O. The minimum atomic E-state index is -1.81. The number of hydrogen-bond donors (Lipinski definition) is 6. The highest BCUT2D eigenvalue weighted by atomic mass is 16.6. The molecular weight excluding hydrogens is 302 g/mol. The molecule has 0 bridgehead atoms. The topological polar surface area (TPSA) is 188 Å². The van der Waals surface area contributed by atoms with Crippen molar-refractivity contribution in [2.75, 3.05) is 0 Å². The lowest BCUT2D eigenvalue weighted by Gasteiger charge is -2.23. The molecule has 1 aliphatic heterocycles. The fraction of sp³-hybridized carbons (Fsp3) is 0.545. The third kappa shape index (κ3) is 2.80. The quantitative estimate of drug-likeness (QED) is 0.321. The second-order valence-electron chi connectivity index (χ2n) is 4.84. The van der Waals surface area contributed by atoms with E-state index in [4.69, 9.17) is 15.6 Å². The van der Waals surface area contributed by atoms with Crippen LogP contribution >= 0.6 is 0 Å². The highest BCUT2D eigenvalue weighted by molar-refractivity contribution is 5.74. The number of aliphatic hydroxyl groups excluding tert-OH is 3. The third-order valence-corrected chi connectivity index (χ3v) is 3.39. The Hall–Kier alpha value is -2.05. The second kappa shape index (κ2) is 5.98. The summed E-state index contributed by atoms with van der Waals surface area (Å²) in [7, 11) is 0. The number of hydrogen-bond acceptors (Lipinski definition) is 8. The van der Waals surface area contributed by atoms with Crippen LogP contribution in [0.3, 0.4) is 0 Å². The number of aromatic amines is 1. The zero-order valence-electron chi connectivity index (χ0n) is 11.1. The Morgan fingerprint density at radius 2 is 2.00 bits per heavy atom. The van der Waals surface area contributed by atoms with Gasteiger partial charge in [-0.2, -0.15) is 0 Å². The molecule has 11 heteroatoms. The van der Waals surface area contributed by atoms with Gasteiger partial charge in [-0.3, -0.25) is 19.1 Å². The summed E-state index contributed by atoms with van der Waals surface area (Å²) < 4.78 is 5.97. The van der Waals surface area contributed by atoms with Gasteiger partial charge in [0, 0.05) is 12.3 Å². The van der Waals surface area contributed by atoms with Crippen LogP contribution in [0.15, 0.2) is 21.9 Å². The predicted molar refractivity (Wildman–Crippen MR) is 68.9 cm³/mol. The van der Waals surface area contributed by atoms with Gasteiger partial charge in [0.25, 0.3) is 5.56 Å². The largest absolute Gasteiger partial charge is 0.480 e. The van der Waals surface area contributed by atoms with Gasteiger partial charge in [-0.25, -0.2) is 4.79 Å².